The molecule has 35 heavy (non-hydrogen) atoms. The van der Waals surface area contributed by atoms with E-state index in [-0.39, 0.29) is 24.6 Å². The molecule has 0 saturated carbocycles. The van der Waals surface area contributed by atoms with E-state index in [1.54, 1.807) is 12.4 Å². The lowest BCUT2D eigenvalue weighted by molar-refractivity contribution is -0.116. The highest BCUT2D eigenvalue weighted by atomic mass is 35.5. The molecule has 0 unspecified atom stereocenters. The van der Waals surface area contributed by atoms with Gasteiger partial charge >= 0.3 is 0 Å². The Kier molecular flexibility index (Phi) is 8.95. The van der Waals surface area contributed by atoms with E-state index in [1.807, 2.05) is 36.4 Å². The summed E-state index contributed by atoms with van der Waals surface area (Å²) in [5.41, 5.74) is 3.24. The standard InChI is InChI=1S/C25H28ClN3O5S/c1-33-23-17-22(24(34-2)16-21(23)26)29(35(3,31)32)14-4-5-25(30)28-20-8-6-18(7-9-20)15-19-10-12-27-13-11-19/h6-13,16-17H,4-5,14-15H2,1-3H3,(H,28,30). The number of pyridine rings is 1. The second kappa shape index (κ2) is 11.9. The summed E-state index contributed by atoms with van der Waals surface area (Å²) in [6, 6.07) is 14.6. The van der Waals surface area contributed by atoms with Gasteiger partial charge in [-0.2, -0.15) is 0 Å². The molecule has 0 saturated heterocycles. The van der Waals surface area contributed by atoms with Crippen LogP contribution >= 0.6 is 11.6 Å². The van der Waals surface area contributed by atoms with Crippen LogP contribution in [0, 0.1) is 0 Å². The van der Waals surface area contributed by atoms with E-state index in [2.05, 4.69) is 10.3 Å². The monoisotopic (exact) mass is 517 g/mol. The normalized spacial score (nSPS) is 11.1. The maximum atomic E-state index is 12.5. The summed E-state index contributed by atoms with van der Waals surface area (Å²) in [6.07, 6.45) is 5.83. The number of amides is 1. The summed E-state index contributed by atoms with van der Waals surface area (Å²) in [7, 11) is -0.786. The molecule has 1 amide bonds. The van der Waals surface area contributed by atoms with Crippen LogP contribution in [-0.2, 0) is 21.2 Å². The lowest BCUT2D eigenvalue weighted by Gasteiger charge is -2.25. The molecule has 0 aliphatic carbocycles. The molecule has 8 nitrogen and oxygen atoms in total. The molecular weight excluding hydrogens is 490 g/mol. The van der Waals surface area contributed by atoms with Crippen molar-refractivity contribution in [1.82, 2.24) is 4.98 Å². The van der Waals surface area contributed by atoms with Gasteiger partial charge in [0.1, 0.15) is 11.5 Å². The fraction of sp³-hybridized carbons (Fsp3) is 0.280. The van der Waals surface area contributed by atoms with Crippen LogP contribution in [0.15, 0.2) is 60.9 Å². The van der Waals surface area contributed by atoms with Gasteiger partial charge < -0.3 is 14.8 Å². The van der Waals surface area contributed by atoms with Gasteiger partial charge in [0.15, 0.2) is 0 Å². The van der Waals surface area contributed by atoms with Crippen LogP contribution in [-0.4, -0.2) is 46.3 Å². The summed E-state index contributed by atoms with van der Waals surface area (Å²) in [5, 5.41) is 3.15. The molecule has 0 radical (unpaired) electrons. The highest BCUT2D eigenvalue weighted by Gasteiger charge is 2.23. The number of carbonyl (C=O) groups excluding carboxylic acids is 1. The number of hydrogen-bond donors (Lipinski definition) is 1. The SMILES string of the molecule is COc1cc(N(CCCC(=O)Nc2ccc(Cc3ccncc3)cc2)S(C)(=O)=O)c(OC)cc1Cl. The molecule has 0 aliphatic heterocycles. The van der Waals surface area contributed by atoms with Gasteiger partial charge in [-0.05, 0) is 48.2 Å². The summed E-state index contributed by atoms with van der Waals surface area (Å²) < 4.78 is 36.7. The highest BCUT2D eigenvalue weighted by molar-refractivity contribution is 7.92. The fourth-order valence-corrected chi connectivity index (χ4v) is 4.74. The lowest BCUT2D eigenvalue weighted by Crippen LogP contribution is -2.32. The Bertz CT molecular complexity index is 1250. The Hall–Kier alpha value is -3.30. The first kappa shape index (κ1) is 26.3. The predicted octanol–water partition coefficient (Wildman–Crippen LogP) is 4.53. The lowest BCUT2D eigenvalue weighted by atomic mass is 10.1. The Balaban J connectivity index is 1.61. The maximum Gasteiger partial charge on any atom is 0.232 e. The molecule has 1 N–H and O–H groups in total. The number of nitrogens with one attached hydrogen (secondary N) is 1. The van der Waals surface area contributed by atoms with Gasteiger partial charge in [0.2, 0.25) is 15.9 Å². The third kappa shape index (κ3) is 7.34. The first-order valence-electron chi connectivity index (χ1n) is 10.9. The summed E-state index contributed by atoms with van der Waals surface area (Å²) in [6.45, 7) is 0.0816. The molecule has 0 fully saturated rings. The Morgan fingerprint density at radius 2 is 1.63 bits per heavy atom. The van der Waals surface area contributed by atoms with E-state index >= 15 is 0 Å². The van der Waals surface area contributed by atoms with Gasteiger partial charge in [0, 0.05) is 43.2 Å². The molecule has 0 spiro atoms. The zero-order chi connectivity index (χ0) is 25.4. The van der Waals surface area contributed by atoms with Crippen molar-refractivity contribution < 1.29 is 22.7 Å². The van der Waals surface area contributed by atoms with Gasteiger partial charge in [-0.1, -0.05) is 23.7 Å². The second-order valence-electron chi connectivity index (χ2n) is 7.87. The summed E-state index contributed by atoms with van der Waals surface area (Å²) >= 11 is 6.14. The van der Waals surface area contributed by atoms with Crippen LogP contribution in [0.3, 0.4) is 0 Å². The number of benzene rings is 2. The second-order valence-corrected chi connectivity index (χ2v) is 10.2. The van der Waals surface area contributed by atoms with E-state index in [4.69, 9.17) is 21.1 Å². The summed E-state index contributed by atoms with van der Waals surface area (Å²) in [4.78, 5) is 16.5. The number of nitrogens with zero attached hydrogens (tertiary/aromatic N) is 2. The zero-order valence-corrected chi connectivity index (χ0v) is 21.4. The van der Waals surface area contributed by atoms with E-state index in [0.29, 0.717) is 28.6 Å². The number of anilines is 2. The topological polar surface area (TPSA) is 97.8 Å². The number of rotatable bonds is 11. The largest absolute Gasteiger partial charge is 0.495 e. The van der Waals surface area contributed by atoms with E-state index in [9.17, 15) is 13.2 Å². The molecule has 3 rings (SSSR count). The average molecular weight is 518 g/mol. The van der Waals surface area contributed by atoms with Crippen LogP contribution in [0.2, 0.25) is 5.02 Å². The van der Waals surface area contributed by atoms with Crippen molar-refractivity contribution in [2.24, 2.45) is 0 Å². The molecule has 2 aromatic carbocycles. The first-order valence-corrected chi connectivity index (χ1v) is 13.1. The van der Waals surface area contributed by atoms with Gasteiger partial charge in [0.05, 0.1) is 31.2 Å². The number of sulfonamides is 1. The van der Waals surface area contributed by atoms with Crippen molar-refractivity contribution in [3.63, 3.8) is 0 Å². The summed E-state index contributed by atoms with van der Waals surface area (Å²) in [5.74, 6) is 0.403. The van der Waals surface area contributed by atoms with Crippen LogP contribution in [0.1, 0.15) is 24.0 Å². The molecule has 186 valence electrons. The molecule has 0 atom stereocenters. The molecular formula is C25H28ClN3O5S. The van der Waals surface area contributed by atoms with Crippen LogP contribution in [0.4, 0.5) is 11.4 Å². The number of halogens is 1. The van der Waals surface area contributed by atoms with Crippen molar-refractivity contribution in [1.29, 1.82) is 0 Å². The van der Waals surface area contributed by atoms with E-state index in [0.717, 1.165) is 23.8 Å². The molecule has 1 aromatic heterocycles. The number of hydrogen-bond acceptors (Lipinski definition) is 6. The first-order chi connectivity index (χ1) is 16.7. The van der Waals surface area contributed by atoms with Crippen LogP contribution < -0.4 is 19.1 Å². The molecule has 1 heterocycles. The minimum Gasteiger partial charge on any atom is -0.495 e. The van der Waals surface area contributed by atoms with E-state index < -0.39 is 10.0 Å². The maximum absolute atomic E-state index is 12.5. The zero-order valence-electron chi connectivity index (χ0n) is 19.8. The van der Waals surface area contributed by atoms with Gasteiger partial charge in [-0.25, -0.2) is 8.42 Å². The minimum absolute atomic E-state index is 0.0816. The number of aromatic nitrogens is 1. The number of carbonyl (C=O) groups is 1. The average Bonchev–Trinajstić information content (AvgIpc) is 2.83. The number of ether oxygens (including phenoxy) is 2. The van der Waals surface area contributed by atoms with Crippen molar-refractivity contribution in [2.75, 3.05) is 36.6 Å². The molecule has 0 bridgehead atoms. The van der Waals surface area contributed by atoms with Crippen molar-refractivity contribution in [3.8, 4) is 11.5 Å². The highest BCUT2D eigenvalue weighted by Crippen LogP contribution is 2.39. The third-order valence-electron chi connectivity index (χ3n) is 5.28. The molecule has 10 heteroatoms. The quantitative estimate of drug-likeness (QED) is 0.401. The molecule has 0 aliphatic rings. The Morgan fingerprint density at radius 3 is 2.23 bits per heavy atom. The van der Waals surface area contributed by atoms with Crippen molar-refractivity contribution in [3.05, 3.63) is 77.1 Å². The molecule has 3 aromatic rings. The smallest absolute Gasteiger partial charge is 0.232 e. The predicted molar refractivity (Wildman–Crippen MR) is 138 cm³/mol. The minimum atomic E-state index is -3.66. The third-order valence-corrected chi connectivity index (χ3v) is 6.76. The van der Waals surface area contributed by atoms with Gasteiger partial charge in [-0.3, -0.25) is 14.1 Å². The van der Waals surface area contributed by atoms with Crippen LogP contribution in [0.5, 0.6) is 11.5 Å². The Morgan fingerprint density at radius 1 is 1.00 bits per heavy atom. The Labute approximate surface area is 210 Å². The van der Waals surface area contributed by atoms with Crippen LogP contribution in [0.25, 0.3) is 0 Å². The van der Waals surface area contributed by atoms with Crippen molar-refractivity contribution >= 4 is 38.9 Å². The number of methoxy groups -OCH3 is 2. The van der Waals surface area contributed by atoms with Gasteiger partial charge in [0.25, 0.3) is 0 Å². The fourth-order valence-electron chi connectivity index (χ4n) is 3.55. The van der Waals surface area contributed by atoms with E-state index in [1.165, 1.54) is 30.7 Å². The van der Waals surface area contributed by atoms with Crippen molar-refractivity contribution in [2.45, 2.75) is 19.3 Å². The van der Waals surface area contributed by atoms with Gasteiger partial charge in [-0.15, -0.1) is 0 Å².